The van der Waals surface area contributed by atoms with Crippen LogP contribution in [0.1, 0.15) is 31.2 Å². The highest BCUT2D eigenvalue weighted by molar-refractivity contribution is 5.80. The standard InChI is InChI=1S/C19H31N5O/c1-20-19(24-11-7-17(14-24)15-25-2)22-13-16-6-8-21-18(12-16)23-9-4-3-5-10-23/h6,8,12,17H,3-5,7,9-11,13-15H2,1-2H3,(H,20,22). The van der Waals surface area contributed by atoms with E-state index in [1.54, 1.807) is 7.11 Å². The third-order valence-electron chi connectivity index (χ3n) is 5.14. The molecular weight excluding hydrogens is 314 g/mol. The highest BCUT2D eigenvalue weighted by Crippen LogP contribution is 2.19. The Bertz CT molecular complexity index is 571. The fraction of sp³-hybridized carbons (Fsp3) is 0.684. The zero-order valence-electron chi connectivity index (χ0n) is 15.6. The number of guanidine groups is 1. The second-order valence-electron chi connectivity index (χ2n) is 7.03. The van der Waals surface area contributed by atoms with Crippen LogP contribution in [0.5, 0.6) is 0 Å². The zero-order chi connectivity index (χ0) is 17.5. The lowest BCUT2D eigenvalue weighted by Gasteiger charge is -2.28. The average molecular weight is 345 g/mol. The summed E-state index contributed by atoms with van der Waals surface area (Å²) >= 11 is 0. The Morgan fingerprint density at radius 2 is 2.16 bits per heavy atom. The van der Waals surface area contributed by atoms with Crippen LogP contribution in [-0.2, 0) is 11.3 Å². The Labute approximate surface area is 151 Å². The molecule has 138 valence electrons. The molecule has 2 saturated heterocycles. The molecular formula is C19H31N5O. The molecule has 25 heavy (non-hydrogen) atoms. The SMILES string of the molecule is CN=C(NCc1ccnc(N2CCCCC2)c1)N1CCC(COC)C1. The first-order valence-electron chi connectivity index (χ1n) is 9.44. The third kappa shape index (κ3) is 4.84. The highest BCUT2D eigenvalue weighted by atomic mass is 16.5. The van der Waals surface area contributed by atoms with Crippen molar-refractivity contribution in [3.63, 3.8) is 0 Å². The van der Waals surface area contributed by atoms with E-state index in [0.29, 0.717) is 5.92 Å². The van der Waals surface area contributed by atoms with Gasteiger partial charge in [-0.05, 0) is 43.4 Å². The summed E-state index contributed by atoms with van der Waals surface area (Å²) in [5, 5.41) is 3.51. The summed E-state index contributed by atoms with van der Waals surface area (Å²) in [6.45, 7) is 5.92. The van der Waals surface area contributed by atoms with Gasteiger partial charge in [-0.1, -0.05) is 0 Å². The minimum absolute atomic E-state index is 0.607. The van der Waals surface area contributed by atoms with Crippen molar-refractivity contribution >= 4 is 11.8 Å². The number of pyridine rings is 1. The van der Waals surface area contributed by atoms with Gasteiger partial charge in [-0.3, -0.25) is 4.99 Å². The van der Waals surface area contributed by atoms with Crippen LogP contribution in [0, 0.1) is 5.92 Å². The number of rotatable bonds is 5. The van der Waals surface area contributed by atoms with Gasteiger partial charge in [-0.15, -0.1) is 0 Å². The van der Waals surface area contributed by atoms with Crippen LogP contribution in [0.3, 0.4) is 0 Å². The molecule has 6 nitrogen and oxygen atoms in total. The lowest BCUT2D eigenvalue weighted by atomic mass is 10.1. The first-order valence-corrected chi connectivity index (χ1v) is 9.44. The number of piperidine rings is 1. The monoisotopic (exact) mass is 345 g/mol. The van der Waals surface area contributed by atoms with Crippen molar-refractivity contribution in [2.24, 2.45) is 10.9 Å². The van der Waals surface area contributed by atoms with Gasteiger partial charge in [0, 0.05) is 59.0 Å². The van der Waals surface area contributed by atoms with Crippen LogP contribution >= 0.6 is 0 Å². The molecule has 0 amide bonds. The maximum absolute atomic E-state index is 5.29. The fourth-order valence-electron chi connectivity index (χ4n) is 3.78. The number of hydrogen-bond acceptors (Lipinski definition) is 4. The van der Waals surface area contributed by atoms with E-state index in [1.165, 1.54) is 31.2 Å². The fourth-order valence-corrected chi connectivity index (χ4v) is 3.78. The van der Waals surface area contributed by atoms with Gasteiger partial charge in [-0.2, -0.15) is 0 Å². The largest absolute Gasteiger partial charge is 0.384 e. The van der Waals surface area contributed by atoms with Crippen molar-refractivity contribution in [1.82, 2.24) is 15.2 Å². The molecule has 1 unspecified atom stereocenters. The van der Waals surface area contributed by atoms with E-state index in [1.807, 2.05) is 13.2 Å². The van der Waals surface area contributed by atoms with E-state index in [4.69, 9.17) is 4.74 Å². The quantitative estimate of drug-likeness (QED) is 0.654. The van der Waals surface area contributed by atoms with Crippen molar-refractivity contribution in [3.05, 3.63) is 23.9 Å². The number of nitrogens with zero attached hydrogens (tertiary/aromatic N) is 4. The highest BCUT2D eigenvalue weighted by Gasteiger charge is 2.24. The predicted octanol–water partition coefficient (Wildman–Crippen LogP) is 2.12. The maximum Gasteiger partial charge on any atom is 0.193 e. The second-order valence-corrected chi connectivity index (χ2v) is 7.03. The van der Waals surface area contributed by atoms with E-state index < -0.39 is 0 Å². The molecule has 1 aromatic rings. The summed E-state index contributed by atoms with van der Waals surface area (Å²) in [5.41, 5.74) is 1.25. The topological polar surface area (TPSA) is 53.0 Å². The number of aromatic nitrogens is 1. The summed E-state index contributed by atoms with van der Waals surface area (Å²) in [5.74, 6) is 2.69. The first-order chi connectivity index (χ1) is 12.3. The van der Waals surface area contributed by atoms with Gasteiger partial charge < -0.3 is 19.9 Å². The number of anilines is 1. The van der Waals surface area contributed by atoms with Gasteiger partial charge in [0.25, 0.3) is 0 Å². The van der Waals surface area contributed by atoms with Crippen molar-refractivity contribution < 1.29 is 4.74 Å². The molecule has 0 aliphatic carbocycles. The number of methoxy groups -OCH3 is 1. The number of aliphatic imine (C=N–C) groups is 1. The van der Waals surface area contributed by atoms with Crippen LogP contribution < -0.4 is 10.2 Å². The van der Waals surface area contributed by atoms with Crippen molar-refractivity contribution in [1.29, 1.82) is 0 Å². The first kappa shape index (κ1) is 18.0. The van der Waals surface area contributed by atoms with Gasteiger partial charge in [0.2, 0.25) is 0 Å². The van der Waals surface area contributed by atoms with Crippen molar-refractivity contribution in [2.45, 2.75) is 32.2 Å². The second kappa shape index (κ2) is 9.04. The Morgan fingerprint density at radius 3 is 2.92 bits per heavy atom. The molecule has 0 radical (unpaired) electrons. The lowest BCUT2D eigenvalue weighted by molar-refractivity contribution is 0.157. The van der Waals surface area contributed by atoms with Gasteiger partial charge in [0.05, 0.1) is 6.61 Å². The summed E-state index contributed by atoms with van der Waals surface area (Å²) < 4.78 is 5.29. The van der Waals surface area contributed by atoms with Gasteiger partial charge >= 0.3 is 0 Å². The molecule has 3 rings (SSSR count). The molecule has 0 aromatic carbocycles. The Balaban J connectivity index is 1.55. The van der Waals surface area contributed by atoms with Crippen LogP contribution in [0.25, 0.3) is 0 Å². The minimum atomic E-state index is 0.607. The van der Waals surface area contributed by atoms with Gasteiger partial charge in [-0.25, -0.2) is 4.98 Å². The smallest absolute Gasteiger partial charge is 0.193 e. The molecule has 6 heteroatoms. The molecule has 0 bridgehead atoms. The minimum Gasteiger partial charge on any atom is -0.384 e. The summed E-state index contributed by atoms with van der Waals surface area (Å²) in [4.78, 5) is 13.7. The molecule has 1 atom stereocenters. The van der Waals surface area contributed by atoms with E-state index in [2.05, 4.69) is 37.2 Å². The molecule has 0 spiro atoms. The van der Waals surface area contributed by atoms with Crippen LogP contribution in [-0.4, -0.2) is 62.8 Å². The van der Waals surface area contributed by atoms with Crippen molar-refractivity contribution in [2.75, 3.05) is 51.8 Å². The van der Waals surface area contributed by atoms with E-state index >= 15 is 0 Å². The number of hydrogen-bond donors (Lipinski definition) is 1. The third-order valence-corrected chi connectivity index (χ3v) is 5.14. The molecule has 2 fully saturated rings. The average Bonchev–Trinajstić information content (AvgIpc) is 3.12. The van der Waals surface area contributed by atoms with E-state index in [-0.39, 0.29) is 0 Å². The summed E-state index contributed by atoms with van der Waals surface area (Å²) in [6, 6.07) is 4.30. The van der Waals surface area contributed by atoms with Crippen LogP contribution in [0.2, 0.25) is 0 Å². The molecule has 3 heterocycles. The maximum atomic E-state index is 5.29. The zero-order valence-corrected chi connectivity index (χ0v) is 15.6. The molecule has 1 aromatic heterocycles. The molecule has 0 saturated carbocycles. The van der Waals surface area contributed by atoms with E-state index in [0.717, 1.165) is 51.1 Å². The number of ether oxygens (including phenoxy) is 1. The molecule has 1 N–H and O–H groups in total. The molecule has 2 aliphatic heterocycles. The van der Waals surface area contributed by atoms with E-state index in [9.17, 15) is 0 Å². The number of nitrogens with one attached hydrogen (secondary N) is 1. The van der Waals surface area contributed by atoms with Gasteiger partial charge in [0.15, 0.2) is 5.96 Å². The van der Waals surface area contributed by atoms with Gasteiger partial charge in [0.1, 0.15) is 5.82 Å². The Hall–Kier alpha value is -1.82. The normalized spacial score (nSPS) is 21.7. The Morgan fingerprint density at radius 1 is 1.32 bits per heavy atom. The lowest BCUT2D eigenvalue weighted by Crippen LogP contribution is -2.39. The Kier molecular flexibility index (Phi) is 6.50. The van der Waals surface area contributed by atoms with Crippen molar-refractivity contribution in [3.8, 4) is 0 Å². The van der Waals surface area contributed by atoms with Crippen LogP contribution in [0.15, 0.2) is 23.3 Å². The van der Waals surface area contributed by atoms with Crippen LogP contribution in [0.4, 0.5) is 5.82 Å². The predicted molar refractivity (Wildman–Crippen MR) is 102 cm³/mol. The molecule has 2 aliphatic rings. The summed E-state index contributed by atoms with van der Waals surface area (Å²) in [7, 11) is 3.64. The number of likely N-dealkylation sites (tertiary alicyclic amines) is 1. The summed E-state index contributed by atoms with van der Waals surface area (Å²) in [6.07, 6.45) is 6.98.